The monoisotopic (exact) mass is 348 g/mol. The predicted molar refractivity (Wildman–Crippen MR) is 98.0 cm³/mol. The first-order valence-corrected chi connectivity index (χ1v) is 8.71. The Bertz CT molecular complexity index is 944. The average molecular weight is 348 g/mol. The van der Waals surface area contributed by atoms with Crippen LogP contribution in [0.3, 0.4) is 0 Å². The third-order valence-corrected chi connectivity index (χ3v) is 4.78. The molecule has 0 saturated heterocycles. The van der Waals surface area contributed by atoms with Gasteiger partial charge in [-0.25, -0.2) is 0 Å². The molecule has 0 amide bonds. The molecule has 0 radical (unpaired) electrons. The Morgan fingerprint density at radius 2 is 1.81 bits per heavy atom. The minimum absolute atomic E-state index is 0.0329. The Kier molecular flexibility index (Phi) is 5.36. The molecule has 3 N–H and O–H groups in total. The van der Waals surface area contributed by atoms with E-state index in [9.17, 15) is 15.3 Å². The van der Waals surface area contributed by atoms with E-state index in [4.69, 9.17) is 10.5 Å². The largest absolute Gasteiger partial charge is 0.384 e. The molecule has 1 aliphatic rings. The van der Waals surface area contributed by atoms with E-state index in [-0.39, 0.29) is 28.6 Å². The highest BCUT2D eigenvalue weighted by Gasteiger charge is 2.21. The lowest BCUT2D eigenvalue weighted by Crippen LogP contribution is -2.18. The molecule has 26 heavy (non-hydrogen) atoms. The molecule has 0 atom stereocenters. The van der Waals surface area contributed by atoms with Crippen LogP contribution in [0.15, 0.2) is 29.1 Å². The first-order valence-electron chi connectivity index (χ1n) is 8.71. The summed E-state index contributed by atoms with van der Waals surface area (Å²) in [7, 11) is 0. The van der Waals surface area contributed by atoms with Crippen LogP contribution in [0, 0.1) is 22.7 Å². The second-order valence-corrected chi connectivity index (χ2v) is 6.44. The summed E-state index contributed by atoms with van der Waals surface area (Å²) < 4.78 is 6.06. The van der Waals surface area contributed by atoms with Gasteiger partial charge in [0.2, 0.25) is 0 Å². The Morgan fingerprint density at radius 3 is 2.50 bits per heavy atom. The molecule has 1 aliphatic carbocycles. The van der Waals surface area contributed by atoms with Crippen LogP contribution in [0.5, 0.6) is 0 Å². The summed E-state index contributed by atoms with van der Waals surface area (Å²) in [4.78, 5) is 14.5. The number of nitriles is 2. The van der Waals surface area contributed by atoms with Crippen LogP contribution in [0.1, 0.15) is 48.8 Å². The van der Waals surface area contributed by atoms with Gasteiger partial charge in [0, 0.05) is 5.56 Å². The van der Waals surface area contributed by atoms with E-state index in [1.807, 2.05) is 24.3 Å². The van der Waals surface area contributed by atoms with Crippen LogP contribution in [0.2, 0.25) is 0 Å². The van der Waals surface area contributed by atoms with Crippen LogP contribution in [-0.2, 0) is 11.3 Å². The van der Waals surface area contributed by atoms with Crippen LogP contribution in [0.25, 0.3) is 11.1 Å². The highest BCUT2D eigenvalue weighted by molar-refractivity contribution is 5.81. The molecular formula is C20H20N4O2. The lowest BCUT2D eigenvalue weighted by molar-refractivity contribution is 0.0171. The number of nitrogens with two attached hydrogens (primary N) is 1. The second kappa shape index (κ2) is 7.86. The molecule has 3 rings (SSSR count). The van der Waals surface area contributed by atoms with Crippen molar-refractivity contribution in [3.63, 3.8) is 0 Å². The number of anilines is 1. The molecule has 0 aliphatic heterocycles. The van der Waals surface area contributed by atoms with E-state index in [0.717, 1.165) is 18.4 Å². The zero-order chi connectivity index (χ0) is 18.5. The molecule has 1 aromatic carbocycles. The molecule has 1 aromatic heterocycles. The number of aromatic amines is 1. The first-order chi connectivity index (χ1) is 12.7. The number of nitrogens with zero attached hydrogens (tertiary/aromatic N) is 2. The second-order valence-electron chi connectivity index (χ2n) is 6.44. The lowest BCUT2D eigenvalue weighted by atomic mass is 9.93. The van der Waals surface area contributed by atoms with Crippen molar-refractivity contribution in [1.82, 2.24) is 4.98 Å². The Hall–Kier alpha value is -3.09. The number of nitrogens with one attached hydrogen (secondary N) is 1. The molecule has 0 bridgehead atoms. The fourth-order valence-electron chi connectivity index (χ4n) is 3.44. The van der Waals surface area contributed by atoms with Crippen LogP contribution in [-0.4, -0.2) is 11.1 Å². The minimum atomic E-state index is -0.595. The minimum Gasteiger partial charge on any atom is -0.384 e. The van der Waals surface area contributed by atoms with Gasteiger partial charge in [0.25, 0.3) is 5.56 Å². The van der Waals surface area contributed by atoms with Crippen molar-refractivity contribution in [3.8, 4) is 23.3 Å². The van der Waals surface area contributed by atoms with Gasteiger partial charge in [0.1, 0.15) is 29.1 Å². The predicted octanol–water partition coefficient (Wildman–Crippen LogP) is 3.22. The first kappa shape index (κ1) is 17.7. The summed E-state index contributed by atoms with van der Waals surface area (Å²) >= 11 is 0. The molecule has 1 fully saturated rings. The maximum absolute atomic E-state index is 12.2. The van der Waals surface area contributed by atoms with Crippen molar-refractivity contribution in [1.29, 1.82) is 10.5 Å². The lowest BCUT2D eigenvalue weighted by Gasteiger charge is -2.23. The van der Waals surface area contributed by atoms with E-state index < -0.39 is 5.56 Å². The van der Waals surface area contributed by atoms with Gasteiger partial charge in [-0.05, 0) is 24.0 Å². The molecule has 6 nitrogen and oxygen atoms in total. The number of pyridine rings is 1. The van der Waals surface area contributed by atoms with Gasteiger partial charge in [-0.3, -0.25) is 4.79 Å². The third kappa shape index (κ3) is 3.46. The highest BCUT2D eigenvalue weighted by Crippen LogP contribution is 2.32. The Labute approximate surface area is 151 Å². The molecule has 6 heteroatoms. The average Bonchev–Trinajstić information content (AvgIpc) is 2.67. The van der Waals surface area contributed by atoms with Gasteiger partial charge in [-0.1, -0.05) is 43.5 Å². The van der Waals surface area contributed by atoms with E-state index in [2.05, 4.69) is 4.98 Å². The Morgan fingerprint density at radius 1 is 1.12 bits per heavy atom. The van der Waals surface area contributed by atoms with Crippen molar-refractivity contribution in [2.75, 3.05) is 5.73 Å². The summed E-state index contributed by atoms with van der Waals surface area (Å²) in [6.45, 7) is 0.364. The normalized spacial score (nSPS) is 14.5. The van der Waals surface area contributed by atoms with Gasteiger partial charge in [0.15, 0.2) is 0 Å². The van der Waals surface area contributed by atoms with Gasteiger partial charge in [-0.15, -0.1) is 0 Å². The SMILES string of the molecule is N#Cc1c(N)[nH]c(=O)c(C#N)c1-c1ccccc1COC1CCCCC1. The van der Waals surface area contributed by atoms with Gasteiger partial charge < -0.3 is 15.5 Å². The summed E-state index contributed by atoms with van der Waals surface area (Å²) in [6, 6.07) is 11.3. The van der Waals surface area contributed by atoms with Crippen molar-refractivity contribution in [2.45, 2.75) is 44.8 Å². The van der Waals surface area contributed by atoms with Crippen LogP contribution in [0.4, 0.5) is 5.82 Å². The van der Waals surface area contributed by atoms with E-state index >= 15 is 0 Å². The molecule has 0 spiro atoms. The van der Waals surface area contributed by atoms with Crippen LogP contribution >= 0.6 is 0 Å². The van der Waals surface area contributed by atoms with Crippen LogP contribution < -0.4 is 11.3 Å². The number of benzene rings is 1. The molecule has 0 unspecified atom stereocenters. The van der Waals surface area contributed by atoms with E-state index in [0.29, 0.717) is 12.2 Å². The Balaban J connectivity index is 2.04. The van der Waals surface area contributed by atoms with Crippen molar-refractivity contribution >= 4 is 5.82 Å². The smallest absolute Gasteiger partial charge is 0.268 e. The molecule has 132 valence electrons. The van der Waals surface area contributed by atoms with Crippen molar-refractivity contribution in [3.05, 3.63) is 51.3 Å². The standard InChI is InChI=1S/C20H20N4O2/c21-10-16-18(17(11-22)20(25)24-19(16)23)15-9-5-4-6-13(15)12-26-14-7-2-1-3-8-14/h4-6,9,14H,1-3,7-8,12H2,(H3,23,24,25). The maximum Gasteiger partial charge on any atom is 0.268 e. The maximum atomic E-state index is 12.2. The number of hydrogen-bond donors (Lipinski definition) is 2. The number of aromatic nitrogens is 1. The van der Waals surface area contributed by atoms with Gasteiger partial charge in [0.05, 0.1) is 12.7 Å². The quantitative estimate of drug-likeness (QED) is 0.880. The summed E-state index contributed by atoms with van der Waals surface area (Å²) in [5.74, 6) is -0.0329. The summed E-state index contributed by atoms with van der Waals surface area (Å²) in [6.07, 6.45) is 5.92. The summed E-state index contributed by atoms with van der Waals surface area (Å²) in [5.41, 5.74) is 6.95. The number of nitrogen functional groups attached to an aromatic ring is 1. The number of H-pyrrole nitrogens is 1. The van der Waals surface area contributed by atoms with Crippen molar-refractivity contribution in [2.24, 2.45) is 0 Å². The van der Waals surface area contributed by atoms with Crippen molar-refractivity contribution < 1.29 is 4.74 Å². The zero-order valence-electron chi connectivity index (χ0n) is 14.4. The molecular weight excluding hydrogens is 328 g/mol. The fourth-order valence-corrected chi connectivity index (χ4v) is 3.44. The molecule has 1 saturated carbocycles. The van der Waals surface area contributed by atoms with Gasteiger partial charge >= 0.3 is 0 Å². The summed E-state index contributed by atoms with van der Waals surface area (Å²) in [5, 5.41) is 18.9. The highest BCUT2D eigenvalue weighted by atomic mass is 16.5. The van der Waals surface area contributed by atoms with E-state index in [1.54, 1.807) is 12.1 Å². The van der Waals surface area contributed by atoms with Gasteiger partial charge in [-0.2, -0.15) is 10.5 Å². The molecule has 2 aromatic rings. The number of hydrogen-bond acceptors (Lipinski definition) is 5. The van der Waals surface area contributed by atoms with E-state index in [1.165, 1.54) is 19.3 Å². The fraction of sp³-hybridized carbons (Fsp3) is 0.350. The number of ether oxygens (including phenoxy) is 1. The number of rotatable bonds is 4. The third-order valence-electron chi connectivity index (χ3n) is 4.78. The zero-order valence-corrected chi connectivity index (χ0v) is 14.4. The topological polar surface area (TPSA) is 116 Å². The molecule has 1 heterocycles.